The number of anilines is 5. The average molecular weight is 952 g/mol. The Kier molecular flexibility index (Phi) is 13.0. The van der Waals surface area contributed by atoms with Crippen molar-refractivity contribution in [3.63, 3.8) is 0 Å². The molecule has 3 atom stereocenters. The highest BCUT2D eigenvalue weighted by Crippen LogP contribution is 2.56. The maximum Gasteiger partial charge on any atom is 0.573 e. The van der Waals surface area contributed by atoms with E-state index in [9.17, 15) is 37.5 Å². The van der Waals surface area contributed by atoms with Gasteiger partial charge in [0, 0.05) is 68.1 Å². The topological polar surface area (TPSA) is 173 Å². The number of benzene rings is 2. The van der Waals surface area contributed by atoms with Crippen LogP contribution >= 0.6 is 0 Å². The number of hydrogen-bond donors (Lipinski definition) is 4. The van der Waals surface area contributed by atoms with E-state index in [1.54, 1.807) is 7.05 Å². The van der Waals surface area contributed by atoms with Crippen molar-refractivity contribution in [2.75, 3.05) is 66.4 Å². The molecule has 0 bridgehead atoms. The maximum atomic E-state index is 15.3. The summed E-state index contributed by atoms with van der Waals surface area (Å²) in [5.41, 5.74) is -0.422. The van der Waals surface area contributed by atoms with Gasteiger partial charge in [-0.15, -0.1) is 13.2 Å². The summed E-state index contributed by atoms with van der Waals surface area (Å²) in [5.74, 6) is -4.38. The number of likely N-dealkylation sites (N-methyl/N-ethyl adjacent to an activating group) is 1. The van der Waals surface area contributed by atoms with Crippen molar-refractivity contribution in [2.24, 2.45) is 11.3 Å². The number of aliphatic hydroxyl groups excluding tert-OH is 1. The molecule has 15 nitrogen and oxygen atoms in total. The number of halogens is 5. The summed E-state index contributed by atoms with van der Waals surface area (Å²) in [4.78, 5) is 68.1. The van der Waals surface area contributed by atoms with Gasteiger partial charge in [-0.1, -0.05) is 19.8 Å². The number of rotatable bonds is 13. The molecule has 1 aromatic heterocycles. The van der Waals surface area contributed by atoms with E-state index in [0.717, 1.165) is 70.6 Å². The molecule has 68 heavy (non-hydrogen) atoms. The summed E-state index contributed by atoms with van der Waals surface area (Å²) in [7, 11) is 1.66. The molecule has 2 aliphatic carbocycles. The van der Waals surface area contributed by atoms with E-state index in [0.29, 0.717) is 49.5 Å². The Morgan fingerprint density at radius 1 is 1.00 bits per heavy atom. The van der Waals surface area contributed by atoms with Gasteiger partial charge >= 0.3 is 6.36 Å². The normalized spacial score (nSPS) is 24.0. The van der Waals surface area contributed by atoms with Crippen LogP contribution < -0.4 is 35.4 Å². The lowest BCUT2D eigenvalue weighted by molar-refractivity contribution is -0.274. The number of hydrogen-bond acceptors (Lipinski definition) is 12. The molecule has 5 fully saturated rings. The Morgan fingerprint density at radius 3 is 2.38 bits per heavy atom. The average Bonchev–Trinajstić information content (AvgIpc) is 3.99. The van der Waals surface area contributed by atoms with E-state index < -0.39 is 59.0 Å². The van der Waals surface area contributed by atoms with Gasteiger partial charge in [-0.25, -0.2) is 13.8 Å². The molecular weight excluding hydrogens is 894 g/mol. The highest BCUT2D eigenvalue weighted by atomic mass is 19.4. The van der Waals surface area contributed by atoms with Crippen LogP contribution in [0.25, 0.3) is 0 Å². The molecule has 1 unspecified atom stereocenters. The molecule has 4 amide bonds. The number of fused-ring (bicyclic) bond motifs is 1. The van der Waals surface area contributed by atoms with Crippen molar-refractivity contribution in [1.82, 2.24) is 25.5 Å². The first kappa shape index (κ1) is 47.4. The quantitative estimate of drug-likeness (QED) is 0.106. The van der Waals surface area contributed by atoms with Gasteiger partial charge < -0.3 is 40.1 Å². The highest BCUT2D eigenvalue weighted by Gasteiger charge is 2.55. The summed E-state index contributed by atoms with van der Waals surface area (Å²) in [6, 6.07) is 5.92. The Hall–Kier alpha value is -5.63. The summed E-state index contributed by atoms with van der Waals surface area (Å²) >= 11 is 0. The van der Waals surface area contributed by atoms with Gasteiger partial charge in [-0.3, -0.25) is 24.5 Å². The fraction of sp³-hybridized carbons (Fsp3) is 0.583. The van der Waals surface area contributed by atoms with Gasteiger partial charge in [-0.05, 0) is 119 Å². The Bertz CT molecular complexity index is 2410. The molecule has 4 aliphatic heterocycles. The number of ether oxygens (including phenoxy) is 1. The van der Waals surface area contributed by atoms with E-state index in [1.807, 2.05) is 16.7 Å². The van der Waals surface area contributed by atoms with E-state index in [4.69, 9.17) is 4.98 Å². The van der Waals surface area contributed by atoms with Crippen LogP contribution in [0.15, 0.2) is 36.5 Å². The number of alkyl halides is 3. The number of piperidine rings is 2. The number of imide groups is 1. The van der Waals surface area contributed by atoms with E-state index in [1.165, 1.54) is 35.4 Å². The number of aliphatic hydroxyl groups is 1. The number of amides is 4. The Labute approximate surface area is 391 Å². The lowest BCUT2D eigenvalue weighted by Crippen LogP contribution is -2.64. The van der Waals surface area contributed by atoms with Crippen LogP contribution in [-0.4, -0.2) is 114 Å². The second-order valence-electron chi connectivity index (χ2n) is 19.7. The lowest BCUT2D eigenvalue weighted by Gasteiger charge is -2.59. The molecule has 4 N–H and O–H groups in total. The van der Waals surface area contributed by atoms with Crippen molar-refractivity contribution in [1.29, 1.82) is 0 Å². The van der Waals surface area contributed by atoms with Crippen LogP contribution in [0.2, 0.25) is 0 Å². The summed E-state index contributed by atoms with van der Waals surface area (Å²) in [5, 5.41) is 18.2. The zero-order valence-electron chi connectivity index (χ0n) is 38.3. The molecule has 0 radical (unpaired) electrons. The minimum atomic E-state index is -5.09. The van der Waals surface area contributed by atoms with Crippen LogP contribution in [0.5, 0.6) is 5.75 Å². The molecule has 2 aromatic carbocycles. The molecule has 2 saturated carbocycles. The zero-order valence-corrected chi connectivity index (χ0v) is 38.3. The van der Waals surface area contributed by atoms with Crippen molar-refractivity contribution in [3.05, 3.63) is 59.3 Å². The van der Waals surface area contributed by atoms with Gasteiger partial charge in [0.1, 0.15) is 23.4 Å². The molecule has 1 spiro atoms. The predicted octanol–water partition coefficient (Wildman–Crippen LogP) is 6.67. The zero-order chi connectivity index (χ0) is 48.1. The first-order valence-corrected chi connectivity index (χ1v) is 23.8. The monoisotopic (exact) mass is 951 g/mol. The van der Waals surface area contributed by atoms with Crippen molar-refractivity contribution in [2.45, 2.75) is 120 Å². The minimum Gasteiger partial charge on any atom is -0.404 e. The highest BCUT2D eigenvalue weighted by molar-refractivity contribution is 6.04. The summed E-state index contributed by atoms with van der Waals surface area (Å²) in [6.07, 6.45) is 4.82. The number of nitrogens with zero attached hydrogens (tertiary/aromatic N) is 6. The van der Waals surface area contributed by atoms with Crippen LogP contribution in [0.4, 0.5) is 50.8 Å². The minimum absolute atomic E-state index is 0.00415. The number of carbonyl (C=O) groups is 4. The molecule has 5 heterocycles. The summed E-state index contributed by atoms with van der Waals surface area (Å²) < 4.78 is 76.7. The molecule has 9 rings (SSSR count). The first-order valence-electron chi connectivity index (χ1n) is 23.8. The van der Waals surface area contributed by atoms with Crippen molar-refractivity contribution < 1.29 is 51.0 Å². The second-order valence-corrected chi connectivity index (χ2v) is 19.7. The number of aromatic nitrogens is 2. The molecule has 3 aromatic rings. The lowest BCUT2D eigenvalue weighted by atomic mass is 9.52. The van der Waals surface area contributed by atoms with Gasteiger partial charge in [0.25, 0.3) is 5.91 Å². The van der Waals surface area contributed by atoms with Gasteiger partial charge in [0.2, 0.25) is 23.7 Å². The Morgan fingerprint density at radius 2 is 1.72 bits per heavy atom. The number of likely N-dealkylation sites (tertiary alicyclic amines) is 1. The molecule has 6 aliphatic rings. The molecular formula is C48H58F5N9O6. The SMILES string of the molecule is CC[C@@H]1C(=O)N(C)c2cnc(Nc3ccc(C(=O)NC4(CCO)CC5(CCN(C[C@H]6CCN(c7cc(F)c(C8CCC(=O)NC8=O)c(F)c7)C6)CC5)C4)cc3OC(F)(F)F)nc2N1C1CCCC1. The van der Waals surface area contributed by atoms with Crippen LogP contribution in [-0.2, 0) is 14.4 Å². The number of nitrogens with one attached hydrogen (secondary N) is 3. The largest absolute Gasteiger partial charge is 0.573 e. The third-order valence-electron chi connectivity index (χ3n) is 15.3. The van der Waals surface area contributed by atoms with Crippen molar-refractivity contribution >= 4 is 52.5 Å². The summed E-state index contributed by atoms with van der Waals surface area (Å²) in [6.45, 7) is 5.37. The van der Waals surface area contributed by atoms with Gasteiger partial charge in [0.05, 0.1) is 17.8 Å². The third kappa shape index (κ3) is 9.54. The van der Waals surface area contributed by atoms with Gasteiger partial charge in [0.15, 0.2) is 11.6 Å². The second kappa shape index (κ2) is 18.7. The standard InChI is InChI=1S/C48H58F5N9O6/c1-3-36-44(67)59(2)37-23-54-45(57-41(37)62(36)30-6-4-5-7-30)55-35-10-8-29(20-38(35)68-48(51,52)53)42(65)58-47(15-19-63)26-46(27-47)13-17-60(18-14-46)24-28-12-16-61(25-28)31-21-33(49)40(34(50)22-31)32-9-11-39(64)56-43(32)66/h8,10,20-23,28,30,32,36,63H,3-7,9,11-19,24-27H2,1-2H3,(H,58,65)(H,54,55,57)(H,56,64,66)/t28-,32?,36-/m1/s1. The molecule has 20 heteroatoms. The smallest absolute Gasteiger partial charge is 0.404 e. The fourth-order valence-corrected chi connectivity index (χ4v) is 12.0. The fourth-order valence-electron chi connectivity index (χ4n) is 12.0. The maximum absolute atomic E-state index is 15.3. The van der Waals surface area contributed by atoms with Gasteiger partial charge in [-0.2, -0.15) is 4.98 Å². The predicted molar refractivity (Wildman–Crippen MR) is 242 cm³/mol. The van der Waals surface area contributed by atoms with Crippen LogP contribution in [0.3, 0.4) is 0 Å². The van der Waals surface area contributed by atoms with E-state index >= 15 is 8.78 Å². The van der Waals surface area contributed by atoms with E-state index in [2.05, 4.69) is 30.6 Å². The number of carbonyl (C=O) groups excluding carboxylic acids is 4. The van der Waals surface area contributed by atoms with E-state index in [-0.39, 0.29) is 71.9 Å². The van der Waals surface area contributed by atoms with Crippen molar-refractivity contribution in [3.8, 4) is 5.75 Å². The van der Waals surface area contributed by atoms with Crippen LogP contribution in [0, 0.1) is 23.0 Å². The molecule has 3 saturated heterocycles. The first-order chi connectivity index (χ1) is 32.5. The third-order valence-corrected chi connectivity index (χ3v) is 15.3. The van der Waals surface area contributed by atoms with Crippen LogP contribution in [0.1, 0.15) is 112 Å². The molecule has 366 valence electrons. The Balaban J connectivity index is 0.819.